The van der Waals surface area contributed by atoms with E-state index >= 15 is 0 Å². The number of carbonyl (C=O) groups is 1. The van der Waals surface area contributed by atoms with Crippen LogP contribution in [0.1, 0.15) is 42.9 Å². The highest BCUT2D eigenvalue weighted by Gasteiger charge is 2.41. The maximum atomic E-state index is 13.8. The second-order valence-corrected chi connectivity index (χ2v) is 9.87. The molecule has 210 valence electrons. The summed E-state index contributed by atoms with van der Waals surface area (Å²) in [5, 5.41) is 24.4. The van der Waals surface area contributed by atoms with Gasteiger partial charge in [0.15, 0.2) is 11.6 Å². The Bertz CT molecular complexity index is 1300. The van der Waals surface area contributed by atoms with Gasteiger partial charge in [0.2, 0.25) is 0 Å². The fourth-order valence-corrected chi connectivity index (χ4v) is 5.24. The monoisotopic (exact) mass is 549 g/mol. The Morgan fingerprint density at radius 1 is 1.18 bits per heavy atom. The zero-order valence-electron chi connectivity index (χ0n) is 21.5. The number of nitrogens with zero attached hydrogens (tertiary/aromatic N) is 2. The van der Waals surface area contributed by atoms with Gasteiger partial charge in [-0.3, -0.25) is 9.78 Å². The lowest BCUT2D eigenvalue weighted by Gasteiger charge is -2.39. The smallest absolute Gasteiger partial charge is 0.309 e. The molecule has 0 aliphatic carbocycles. The highest BCUT2D eigenvalue weighted by atomic mass is 19.1. The number of piperidine rings is 1. The molecule has 4 rings (SSSR count). The number of rotatable bonds is 11. The minimum Gasteiger partial charge on any atom is -0.497 e. The molecule has 11 heteroatoms. The van der Waals surface area contributed by atoms with Crippen LogP contribution in [0.4, 0.5) is 23.2 Å². The maximum Gasteiger partial charge on any atom is 0.309 e. The molecule has 2 heterocycles. The molecule has 1 aliphatic rings. The second-order valence-electron chi connectivity index (χ2n) is 9.87. The van der Waals surface area contributed by atoms with Gasteiger partial charge in [-0.15, -0.1) is 0 Å². The van der Waals surface area contributed by atoms with Crippen molar-refractivity contribution in [2.75, 3.05) is 38.6 Å². The number of pyridine rings is 1. The number of benzene rings is 2. The van der Waals surface area contributed by atoms with Crippen molar-refractivity contribution in [2.45, 2.75) is 38.5 Å². The third-order valence-corrected chi connectivity index (χ3v) is 7.58. The minimum atomic E-state index is -1.10. The molecule has 3 N–H and O–H groups in total. The van der Waals surface area contributed by atoms with Crippen LogP contribution in [-0.4, -0.2) is 59.4 Å². The van der Waals surface area contributed by atoms with Crippen molar-refractivity contribution in [3.8, 4) is 5.75 Å². The number of methoxy groups -OCH3 is 1. The number of likely N-dealkylation sites (tertiary alicyclic amines) is 1. The summed E-state index contributed by atoms with van der Waals surface area (Å²) in [6.45, 7) is 0.626. The van der Waals surface area contributed by atoms with Gasteiger partial charge in [0.1, 0.15) is 23.9 Å². The predicted molar refractivity (Wildman–Crippen MR) is 138 cm³/mol. The highest BCUT2D eigenvalue weighted by molar-refractivity contribution is 5.85. The van der Waals surface area contributed by atoms with E-state index in [9.17, 15) is 32.6 Å². The fourth-order valence-electron chi connectivity index (χ4n) is 5.24. The number of aromatic nitrogens is 1. The molecule has 1 saturated heterocycles. The van der Waals surface area contributed by atoms with Gasteiger partial charge in [-0.1, -0.05) is 0 Å². The summed E-state index contributed by atoms with van der Waals surface area (Å²) in [5.41, 5.74) is -0.292. The van der Waals surface area contributed by atoms with E-state index in [0.717, 1.165) is 0 Å². The lowest BCUT2D eigenvalue weighted by atomic mass is 9.74. The number of carboxylic acid groups (broad SMARTS) is 1. The fraction of sp³-hybridized carbons (Fsp3) is 0.429. The van der Waals surface area contributed by atoms with E-state index < -0.39 is 47.3 Å². The van der Waals surface area contributed by atoms with E-state index in [4.69, 9.17) is 4.74 Å². The SMILES string of the molecule is COc1ccc2ncc(CF)c(C(O)CCC3(C(=O)O)CCN(CCNc4c(F)cc(F)cc4F)CC3)c2c1. The standard InChI is InChI=1S/C28H31F4N3O4/c1-39-19-2-3-23-20(14-19)25(17(15-29)16-34-23)24(36)4-5-28(27(37)38)6-9-35(10-7-28)11-8-33-26-21(31)12-18(30)13-22(26)32/h2-3,12-14,16,24,33,36H,4-11,15H2,1H3,(H,37,38). The van der Waals surface area contributed by atoms with Crippen LogP contribution in [0, 0.1) is 22.9 Å². The van der Waals surface area contributed by atoms with Gasteiger partial charge in [-0.2, -0.15) is 0 Å². The number of ether oxygens (including phenoxy) is 1. The molecule has 7 nitrogen and oxygen atoms in total. The minimum absolute atomic E-state index is 0.111. The molecule has 3 aromatic rings. The van der Waals surface area contributed by atoms with Crippen LogP contribution < -0.4 is 10.1 Å². The Morgan fingerprint density at radius 3 is 2.49 bits per heavy atom. The Hall–Kier alpha value is -3.44. The second kappa shape index (κ2) is 12.2. The molecule has 1 atom stereocenters. The van der Waals surface area contributed by atoms with Gasteiger partial charge >= 0.3 is 5.97 Å². The Kier molecular flexibility index (Phi) is 8.91. The van der Waals surface area contributed by atoms with Gasteiger partial charge in [0.05, 0.1) is 24.1 Å². The summed E-state index contributed by atoms with van der Waals surface area (Å²) < 4.78 is 59.9. The van der Waals surface area contributed by atoms with Crippen molar-refractivity contribution in [3.63, 3.8) is 0 Å². The summed E-state index contributed by atoms with van der Waals surface area (Å²) in [6.07, 6.45) is 1.20. The van der Waals surface area contributed by atoms with Crippen molar-refractivity contribution >= 4 is 22.6 Å². The number of hydrogen-bond acceptors (Lipinski definition) is 6. The van der Waals surface area contributed by atoms with Crippen LogP contribution in [0.15, 0.2) is 36.5 Å². The quantitative estimate of drug-likeness (QED) is 0.282. The lowest BCUT2D eigenvalue weighted by Crippen LogP contribution is -2.45. The third kappa shape index (κ3) is 6.25. The Labute approximate surface area is 223 Å². The van der Waals surface area contributed by atoms with Crippen molar-refractivity contribution in [1.82, 2.24) is 9.88 Å². The number of aliphatic hydroxyl groups is 1. The molecule has 2 aromatic carbocycles. The van der Waals surface area contributed by atoms with E-state index in [1.54, 1.807) is 18.2 Å². The van der Waals surface area contributed by atoms with Crippen molar-refractivity contribution in [3.05, 3.63) is 65.1 Å². The number of carboxylic acids is 1. The first-order valence-corrected chi connectivity index (χ1v) is 12.7. The Balaban J connectivity index is 1.39. The largest absolute Gasteiger partial charge is 0.497 e. The number of fused-ring (bicyclic) bond motifs is 1. The van der Waals surface area contributed by atoms with Crippen LogP contribution >= 0.6 is 0 Å². The van der Waals surface area contributed by atoms with Gasteiger partial charge in [-0.05, 0) is 62.5 Å². The molecule has 1 unspecified atom stereocenters. The average Bonchev–Trinajstić information content (AvgIpc) is 2.92. The molecule has 0 spiro atoms. The van der Waals surface area contributed by atoms with Gasteiger partial charge < -0.3 is 25.2 Å². The molecular formula is C28H31F4N3O4. The molecule has 39 heavy (non-hydrogen) atoms. The third-order valence-electron chi connectivity index (χ3n) is 7.58. The van der Waals surface area contributed by atoms with Crippen LogP contribution in [-0.2, 0) is 11.5 Å². The normalized spacial score (nSPS) is 16.3. The Morgan fingerprint density at radius 2 is 1.87 bits per heavy atom. The lowest BCUT2D eigenvalue weighted by molar-refractivity contribution is -0.153. The zero-order chi connectivity index (χ0) is 28.2. The molecule has 1 aliphatic heterocycles. The van der Waals surface area contributed by atoms with E-state index in [1.165, 1.54) is 13.3 Å². The van der Waals surface area contributed by atoms with E-state index in [0.29, 0.717) is 66.8 Å². The summed E-state index contributed by atoms with van der Waals surface area (Å²) in [4.78, 5) is 18.6. The molecule has 0 radical (unpaired) electrons. The summed E-state index contributed by atoms with van der Waals surface area (Å²) in [7, 11) is 1.50. The first-order chi connectivity index (χ1) is 18.7. The van der Waals surface area contributed by atoms with Crippen molar-refractivity contribution < 1.29 is 37.3 Å². The van der Waals surface area contributed by atoms with Crippen LogP contribution in [0.3, 0.4) is 0 Å². The number of anilines is 1. The number of hydrogen-bond donors (Lipinski definition) is 3. The van der Waals surface area contributed by atoms with Gasteiger partial charge in [0.25, 0.3) is 0 Å². The molecule has 0 saturated carbocycles. The number of nitrogens with one attached hydrogen (secondary N) is 1. The van der Waals surface area contributed by atoms with E-state index in [-0.39, 0.29) is 24.9 Å². The van der Waals surface area contributed by atoms with E-state index in [1.807, 2.05) is 4.90 Å². The number of halogens is 4. The van der Waals surface area contributed by atoms with Gasteiger partial charge in [0, 0.05) is 42.4 Å². The zero-order valence-corrected chi connectivity index (χ0v) is 21.5. The number of aliphatic hydroxyl groups excluding tert-OH is 1. The topological polar surface area (TPSA) is 94.9 Å². The maximum absolute atomic E-state index is 13.8. The molecule has 0 bridgehead atoms. The number of alkyl halides is 1. The molecule has 1 fully saturated rings. The average molecular weight is 550 g/mol. The summed E-state index contributed by atoms with van der Waals surface area (Å²) >= 11 is 0. The van der Waals surface area contributed by atoms with Crippen molar-refractivity contribution in [2.24, 2.45) is 5.41 Å². The predicted octanol–water partition coefficient (Wildman–Crippen LogP) is 5.22. The van der Waals surface area contributed by atoms with Crippen LogP contribution in [0.5, 0.6) is 5.75 Å². The first kappa shape index (κ1) is 28.6. The number of aliphatic carboxylic acids is 1. The van der Waals surface area contributed by atoms with E-state index in [2.05, 4.69) is 10.3 Å². The van der Waals surface area contributed by atoms with Crippen LogP contribution in [0.25, 0.3) is 10.9 Å². The molecular weight excluding hydrogens is 518 g/mol. The highest BCUT2D eigenvalue weighted by Crippen LogP contribution is 2.40. The molecule has 0 amide bonds. The molecule has 1 aromatic heterocycles. The van der Waals surface area contributed by atoms with Crippen LogP contribution in [0.2, 0.25) is 0 Å². The summed E-state index contributed by atoms with van der Waals surface area (Å²) in [6, 6.07) is 6.32. The van der Waals surface area contributed by atoms with Gasteiger partial charge in [-0.25, -0.2) is 17.6 Å². The summed E-state index contributed by atoms with van der Waals surface area (Å²) in [5.74, 6) is -3.48. The first-order valence-electron chi connectivity index (χ1n) is 12.7. The van der Waals surface area contributed by atoms with Crippen molar-refractivity contribution in [1.29, 1.82) is 0 Å².